The number of nitrogens with zero attached hydrogens (tertiary/aromatic N) is 4. The van der Waals surface area contributed by atoms with Crippen LogP contribution in [0.25, 0.3) is 22.3 Å². The molecule has 2 heterocycles. The summed E-state index contributed by atoms with van der Waals surface area (Å²) in [7, 11) is 3.56. The Morgan fingerprint density at radius 1 is 1.10 bits per heavy atom. The predicted octanol–water partition coefficient (Wildman–Crippen LogP) is 5.16. The number of hydrogen-bond donors (Lipinski definition) is 1. The number of anilines is 1. The van der Waals surface area contributed by atoms with Crippen molar-refractivity contribution in [3.05, 3.63) is 29.8 Å². The van der Waals surface area contributed by atoms with Gasteiger partial charge in [0.2, 0.25) is 5.91 Å². The Morgan fingerprint density at radius 3 is 2.35 bits per heavy atom. The average Bonchev–Trinajstić information content (AvgIpc) is 3.11. The van der Waals surface area contributed by atoms with E-state index in [-0.39, 0.29) is 5.92 Å². The van der Waals surface area contributed by atoms with Crippen molar-refractivity contribution in [2.45, 2.75) is 51.6 Å². The highest BCUT2D eigenvalue weighted by atomic mass is 19.4. The molecule has 1 fully saturated rings. The van der Waals surface area contributed by atoms with Crippen LogP contribution < -0.4 is 5.32 Å². The lowest BCUT2D eigenvalue weighted by atomic mass is 9.79. The first-order valence-electron chi connectivity index (χ1n) is 10.3. The molecule has 9 heteroatoms. The van der Waals surface area contributed by atoms with Crippen LogP contribution in [-0.4, -0.2) is 31.6 Å². The van der Waals surface area contributed by atoms with Gasteiger partial charge in [0.1, 0.15) is 17.2 Å². The quantitative estimate of drug-likeness (QED) is 0.605. The normalized spacial score (nSPS) is 15.3. The van der Waals surface area contributed by atoms with Gasteiger partial charge in [0.05, 0.1) is 10.9 Å². The second-order valence-electron chi connectivity index (χ2n) is 8.96. The van der Waals surface area contributed by atoms with E-state index in [0.717, 1.165) is 49.6 Å². The van der Waals surface area contributed by atoms with Crippen molar-refractivity contribution in [3.63, 3.8) is 0 Å². The van der Waals surface area contributed by atoms with E-state index in [0.29, 0.717) is 17.2 Å². The number of aromatic nitrogens is 4. The minimum atomic E-state index is -4.47. The molecule has 0 spiro atoms. The molecule has 0 radical (unpaired) electrons. The van der Waals surface area contributed by atoms with Gasteiger partial charge in [-0.15, -0.1) is 0 Å². The van der Waals surface area contributed by atoms with Gasteiger partial charge in [-0.05, 0) is 24.8 Å². The van der Waals surface area contributed by atoms with Crippen molar-refractivity contribution in [2.24, 2.45) is 19.5 Å². The lowest BCUT2D eigenvalue weighted by molar-refractivity contribution is -0.213. The van der Waals surface area contributed by atoms with Crippen LogP contribution in [0, 0.1) is 5.41 Å². The van der Waals surface area contributed by atoms with Gasteiger partial charge < -0.3 is 5.32 Å². The summed E-state index contributed by atoms with van der Waals surface area (Å²) in [5.74, 6) is -0.0314. The molecule has 4 rings (SSSR count). The summed E-state index contributed by atoms with van der Waals surface area (Å²) < 4.78 is 43.1. The van der Waals surface area contributed by atoms with Crippen LogP contribution in [0.1, 0.15) is 51.0 Å². The van der Waals surface area contributed by atoms with E-state index < -0.39 is 23.9 Å². The molecule has 2 aromatic heterocycles. The first-order chi connectivity index (χ1) is 14.5. The van der Waals surface area contributed by atoms with Crippen LogP contribution in [0.3, 0.4) is 0 Å². The summed E-state index contributed by atoms with van der Waals surface area (Å²) in [4.78, 5) is 12.6. The Kier molecular flexibility index (Phi) is 5.10. The van der Waals surface area contributed by atoms with Crippen LogP contribution in [0.5, 0.6) is 0 Å². The molecule has 1 saturated carbocycles. The number of rotatable bonds is 5. The molecule has 1 N–H and O–H groups in total. The van der Waals surface area contributed by atoms with Gasteiger partial charge in [0.25, 0.3) is 0 Å². The third kappa shape index (κ3) is 3.70. The van der Waals surface area contributed by atoms with Crippen LogP contribution >= 0.6 is 0 Å². The number of aryl methyl sites for hydroxylation is 2. The fourth-order valence-electron chi connectivity index (χ4n) is 4.01. The highest BCUT2D eigenvalue weighted by Gasteiger charge is 2.48. The maximum absolute atomic E-state index is 13.3. The predicted molar refractivity (Wildman–Crippen MR) is 113 cm³/mol. The number of alkyl halides is 3. The molecule has 1 aromatic carbocycles. The Labute approximate surface area is 178 Å². The maximum Gasteiger partial charge on any atom is 0.394 e. The zero-order chi connectivity index (χ0) is 22.6. The number of carbonyl (C=O) groups excluding carboxylic acids is 1. The van der Waals surface area contributed by atoms with E-state index in [2.05, 4.69) is 15.5 Å². The number of benzene rings is 1. The van der Waals surface area contributed by atoms with Gasteiger partial charge >= 0.3 is 6.18 Å². The highest BCUT2D eigenvalue weighted by Crippen LogP contribution is 2.46. The standard InChI is InChI=1S/C22H26F3N5O/c1-21(2,22(23,24)25)12-16(31)26-20-17(13-8-7-9-13)19(28-30(20)4)18-14-10-5-6-11-15(14)29(3)27-18/h5-6,10-11,13H,7-9,12H2,1-4H3,(H,26,31). The van der Waals surface area contributed by atoms with Crippen molar-refractivity contribution in [2.75, 3.05) is 5.32 Å². The number of fused-ring (bicyclic) bond motifs is 1. The molecule has 166 valence electrons. The van der Waals surface area contributed by atoms with Gasteiger partial charge in [0.15, 0.2) is 0 Å². The molecular formula is C22H26F3N5O. The summed E-state index contributed by atoms with van der Waals surface area (Å²) in [5, 5.41) is 13.0. The smallest absolute Gasteiger partial charge is 0.311 e. The van der Waals surface area contributed by atoms with Gasteiger partial charge in [-0.1, -0.05) is 38.5 Å². The Morgan fingerprint density at radius 2 is 1.74 bits per heavy atom. The van der Waals surface area contributed by atoms with Crippen LogP contribution in [0.4, 0.5) is 19.0 Å². The van der Waals surface area contributed by atoms with Crippen molar-refractivity contribution in [1.82, 2.24) is 19.6 Å². The fourth-order valence-corrected chi connectivity index (χ4v) is 4.01. The average molecular weight is 433 g/mol. The molecule has 0 unspecified atom stereocenters. The van der Waals surface area contributed by atoms with Gasteiger partial charge in [-0.25, -0.2) is 0 Å². The van der Waals surface area contributed by atoms with E-state index in [1.165, 1.54) is 0 Å². The van der Waals surface area contributed by atoms with Crippen LogP contribution in [0.2, 0.25) is 0 Å². The van der Waals surface area contributed by atoms with E-state index in [9.17, 15) is 18.0 Å². The van der Waals surface area contributed by atoms with Gasteiger partial charge in [-0.2, -0.15) is 23.4 Å². The molecule has 1 amide bonds. The van der Waals surface area contributed by atoms with Gasteiger partial charge in [0, 0.05) is 31.5 Å². The van der Waals surface area contributed by atoms with E-state index >= 15 is 0 Å². The van der Waals surface area contributed by atoms with Crippen molar-refractivity contribution in [1.29, 1.82) is 0 Å². The monoisotopic (exact) mass is 433 g/mol. The third-order valence-electron chi connectivity index (χ3n) is 6.21. The lowest BCUT2D eigenvalue weighted by Crippen LogP contribution is -2.36. The highest BCUT2D eigenvalue weighted by molar-refractivity contribution is 5.96. The van der Waals surface area contributed by atoms with E-state index in [1.54, 1.807) is 16.4 Å². The molecule has 0 saturated heterocycles. The second kappa shape index (κ2) is 7.39. The summed E-state index contributed by atoms with van der Waals surface area (Å²) >= 11 is 0. The van der Waals surface area contributed by atoms with Crippen molar-refractivity contribution >= 4 is 22.6 Å². The van der Waals surface area contributed by atoms with Crippen LogP contribution in [-0.2, 0) is 18.9 Å². The Hall–Kier alpha value is -2.84. The van der Waals surface area contributed by atoms with Gasteiger partial charge in [-0.3, -0.25) is 14.2 Å². The minimum absolute atomic E-state index is 0.190. The molecule has 6 nitrogen and oxygen atoms in total. The summed E-state index contributed by atoms with van der Waals surface area (Å²) in [5.41, 5.74) is 1.09. The molecule has 0 aliphatic heterocycles. The molecule has 3 aromatic rings. The number of para-hydroxylation sites is 1. The topological polar surface area (TPSA) is 64.7 Å². The zero-order valence-electron chi connectivity index (χ0n) is 18.0. The second-order valence-corrected chi connectivity index (χ2v) is 8.96. The molecule has 31 heavy (non-hydrogen) atoms. The van der Waals surface area contributed by atoms with E-state index in [4.69, 9.17) is 0 Å². The third-order valence-corrected chi connectivity index (χ3v) is 6.21. The fraction of sp³-hybridized carbons (Fsp3) is 0.500. The number of nitrogens with one attached hydrogen (secondary N) is 1. The Balaban J connectivity index is 1.75. The first-order valence-corrected chi connectivity index (χ1v) is 10.3. The number of amides is 1. The summed E-state index contributed by atoms with van der Waals surface area (Å²) in [6, 6.07) is 7.81. The van der Waals surface area contributed by atoms with Crippen molar-refractivity contribution < 1.29 is 18.0 Å². The van der Waals surface area contributed by atoms with E-state index in [1.807, 2.05) is 31.3 Å². The largest absolute Gasteiger partial charge is 0.394 e. The first kappa shape index (κ1) is 21.4. The number of halogens is 3. The summed E-state index contributed by atoms with van der Waals surface area (Å²) in [6.45, 7) is 2.07. The number of hydrogen-bond acceptors (Lipinski definition) is 3. The summed E-state index contributed by atoms with van der Waals surface area (Å²) in [6.07, 6.45) is -2.17. The molecule has 1 aliphatic carbocycles. The lowest BCUT2D eigenvalue weighted by Gasteiger charge is -2.28. The van der Waals surface area contributed by atoms with Crippen molar-refractivity contribution in [3.8, 4) is 11.4 Å². The zero-order valence-corrected chi connectivity index (χ0v) is 18.0. The van der Waals surface area contributed by atoms with Crippen LogP contribution in [0.15, 0.2) is 24.3 Å². The molecule has 0 bridgehead atoms. The molecule has 0 atom stereocenters. The minimum Gasteiger partial charge on any atom is -0.311 e. The molecule has 1 aliphatic rings. The SMILES string of the molecule is Cn1nc(-c2nn(C)c3ccccc23)c(C2CCC2)c1NC(=O)CC(C)(C)C(F)(F)F. The Bertz CT molecular complexity index is 1140. The molecular weight excluding hydrogens is 407 g/mol. The number of carbonyl (C=O) groups is 1. The maximum atomic E-state index is 13.3.